The van der Waals surface area contributed by atoms with Gasteiger partial charge in [-0.25, -0.2) is 4.98 Å². The molecule has 18 heavy (non-hydrogen) atoms. The Balaban J connectivity index is 2.11. The van der Waals surface area contributed by atoms with Crippen LogP contribution in [0.4, 0.5) is 0 Å². The van der Waals surface area contributed by atoms with Crippen molar-refractivity contribution in [1.29, 1.82) is 0 Å². The quantitative estimate of drug-likeness (QED) is 0.912. The maximum Gasteiger partial charge on any atom is 0.273 e. The van der Waals surface area contributed by atoms with E-state index in [2.05, 4.69) is 25.8 Å². The molecule has 1 amide bonds. The van der Waals surface area contributed by atoms with Crippen LogP contribution in [-0.2, 0) is 0 Å². The summed E-state index contributed by atoms with van der Waals surface area (Å²) in [6.07, 6.45) is 1.00. The van der Waals surface area contributed by atoms with Gasteiger partial charge in [-0.1, -0.05) is 13.8 Å². The van der Waals surface area contributed by atoms with Crippen LogP contribution in [0.5, 0.6) is 0 Å². The number of rotatable bonds is 3. The van der Waals surface area contributed by atoms with Crippen molar-refractivity contribution in [3.8, 4) is 0 Å². The summed E-state index contributed by atoms with van der Waals surface area (Å²) in [5.41, 5.74) is 6.28. The van der Waals surface area contributed by atoms with Gasteiger partial charge in [0.25, 0.3) is 5.91 Å². The van der Waals surface area contributed by atoms with Gasteiger partial charge in [0, 0.05) is 23.9 Å². The number of nitrogens with zero attached hydrogens (tertiary/aromatic N) is 2. The first-order valence-corrected chi connectivity index (χ1v) is 7.37. The number of amides is 1. The summed E-state index contributed by atoms with van der Waals surface area (Å²) >= 11 is 1.57. The molecule has 0 aliphatic carbocycles. The average Bonchev–Trinajstić information content (AvgIpc) is 2.94. The Morgan fingerprint density at radius 1 is 1.67 bits per heavy atom. The summed E-state index contributed by atoms with van der Waals surface area (Å²) < 4.78 is 0. The highest BCUT2D eigenvalue weighted by molar-refractivity contribution is 7.09. The fourth-order valence-electron chi connectivity index (χ4n) is 2.39. The molecule has 1 aromatic heterocycles. The van der Waals surface area contributed by atoms with Crippen LogP contribution in [0.2, 0.25) is 0 Å². The van der Waals surface area contributed by atoms with Gasteiger partial charge in [-0.05, 0) is 25.8 Å². The van der Waals surface area contributed by atoms with Crippen molar-refractivity contribution in [3.05, 3.63) is 16.1 Å². The third kappa shape index (κ3) is 2.57. The lowest BCUT2D eigenvalue weighted by Crippen LogP contribution is -2.34. The van der Waals surface area contributed by atoms with Crippen molar-refractivity contribution in [1.82, 2.24) is 9.88 Å². The minimum absolute atomic E-state index is 0.0570. The zero-order valence-electron chi connectivity index (χ0n) is 11.2. The maximum atomic E-state index is 12.4. The summed E-state index contributed by atoms with van der Waals surface area (Å²) in [6, 6.07) is 0.273. The van der Waals surface area contributed by atoms with Crippen molar-refractivity contribution in [2.24, 2.45) is 11.7 Å². The van der Waals surface area contributed by atoms with Crippen LogP contribution in [0.25, 0.3) is 0 Å². The Morgan fingerprint density at radius 3 is 2.89 bits per heavy atom. The molecule has 1 aliphatic rings. The Morgan fingerprint density at radius 2 is 2.39 bits per heavy atom. The normalized spacial score (nSPS) is 23.9. The number of hydrogen-bond donors (Lipinski definition) is 1. The van der Waals surface area contributed by atoms with Crippen LogP contribution in [0, 0.1) is 5.92 Å². The van der Waals surface area contributed by atoms with E-state index in [0.717, 1.165) is 18.0 Å². The van der Waals surface area contributed by atoms with E-state index in [0.29, 0.717) is 24.1 Å². The van der Waals surface area contributed by atoms with Crippen LogP contribution < -0.4 is 5.73 Å². The Kier molecular flexibility index (Phi) is 4.02. The SMILES string of the molecule is CC(C)c1nc(C(=O)N2CC(CN)CC2C)cs1. The van der Waals surface area contributed by atoms with E-state index < -0.39 is 0 Å². The molecule has 2 rings (SSSR count). The molecular formula is C13H21N3OS. The molecule has 1 fully saturated rings. The zero-order valence-corrected chi connectivity index (χ0v) is 12.0. The second-order valence-electron chi connectivity index (χ2n) is 5.37. The smallest absolute Gasteiger partial charge is 0.273 e. The Hall–Kier alpha value is -0.940. The van der Waals surface area contributed by atoms with Gasteiger partial charge < -0.3 is 10.6 Å². The van der Waals surface area contributed by atoms with Crippen molar-refractivity contribution >= 4 is 17.2 Å². The molecule has 1 saturated heterocycles. The first kappa shape index (κ1) is 13.5. The topological polar surface area (TPSA) is 59.2 Å². The Labute approximate surface area is 112 Å². The van der Waals surface area contributed by atoms with Gasteiger partial charge in [0.15, 0.2) is 0 Å². The predicted octanol–water partition coefficient (Wildman–Crippen LogP) is 2.08. The molecule has 0 aromatic carbocycles. The summed E-state index contributed by atoms with van der Waals surface area (Å²) in [5, 5.41) is 2.90. The molecule has 5 heteroatoms. The highest BCUT2D eigenvalue weighted by atomic mass is 32.1. The molecule has 2 N–H and O–H groups in total. The number of nitrogens with two attached hydrogens (primary N) is 1. The third-order valence-corrected chi connectivity index (χ3v) is 4.64. The Bertz CT molecular complexity index is 430. The summed E-state index contributed by atoms with van der Waals surface area (Å²) in [6.45, 7) is 7.70. The highest BCUT2D eigenvalue weighted by Crippen LogP contribution is 2.26. The van der Waals surface area contributed by atoms with Crippen LogP contribution in [0.15, 0.2) is 5.38 Å². The fourth-order valence-corrected chi connectivity index (χ4v) is 3.20. The molecular weight excluding hydrogens is 246 g/mol. The fraction of sp³-hybridized carbons (Fsp3) is 0.692. The molecule has 0 saturated carbocycles. The van der Waals surface area contributed by atoms with Gasteiger partial charge in [-0.3, -0.25) is 4.79 Å². The second kappa shape index (κ2) is 5.36. The molecule has 0 bridgehead atoms. The molecule has 2 atom stereocenters. The maximum absolute atomic E-state index is 12.4. The molecule has 4 nitrogen and oxygen atoms in total. The molecule has 1 aromatic rings. The van der Waals surface area contributed by atoms with Gasteiger partial charge >= 0.3 is 0 Å². The molecule has 2 heterocycles. The summed E-state index contributed by atoms with van der Waals surface area (Å²) in [7, 11) is 0. The molecule has 100 valence electrons. The number of carbonyl (C=O) groups is 1. The number of thiazole rings is 1. The predicted molar refractivity (Wildman–Crippen MR) is 73.9 cm³/mol. The van der Waals surface area contributed by atoms with E-state index in [1.165, 1.54) is 0 Å². The van der Waals surface area contributed by atoms with E-state index in [9.17, 15) is 4.79 Å². The number of hydrogen-bond acceptors (Lipinski definition) is 4. The van der Waals surface area contributed by atoms with Crippen LogP contribution in [0.3, 0.4) is 0 Å². The van der Waals surface area contributed by atoms with Crippen molar-refractivity contribution in [2.45, 2.75) is 39.2 Å². The van der Waals surface area contributed by atoms with Gasteiger partial charge in [-0.15, -0.1) is 11.3 Å². The minimum Gasteiger partial charge on any atom is -0.334 e. The minimum atomic E-state index is 0.0570. The van der Waals surface area contributed by atoms with Gasteiger partial charge in [0.2, 0.25) is 0 Å². The lowest BCUT2D eigenvalue weighted by atomic mass is 10.1. The zero-order chi connectivity index (χ0) is 13.3. The first-order valence-electron chi connectivity index (χ1n) is 6.49. The largest absolute Gasteiger partial charge is 0.334 e. The van der Waals surface area contributed by atoms with Gasteiger partial charge in [0.1, 0.15) is 5.69 Å². The number of aromatic nitrogens is 1. The van der Waals surface area contributed by atoms with Crippen LogP contribution in [0.1, 0.15) is 48.6 Å². The van der Waals surface area contributed by atoms with Crippen molar-refractivity contribution in [2.75, 3.05) is 13.1 Å². The molecule has 0 radical (unpaired) electrons. The van der Waals surface area contributed by atoms with Gasteiger partial charge in [0.05, 0.1) is 5.01 Å². The number of carbonyl (C=O) groups excluding carboxylic acids is 1. The average molecular weight is 267 g/mol. The monoisotopic (exact) mass is 267 g/mol. The standard InChI is InChI=1S/C13H21N3OS/c1-8(2)12-15-11(7-18-12)13(17)16-6-10(5-14)4-9(16)3/h7-10H,4-6,14H2,1-3H3. The lowest BCUT2D eigenvalue weighted by Gasteiger charge is -2.20. The van der Waals surface area contributed by atoms with E-state index in [1.807, 2.05) is 10.3 Å². The molecule has 2 unspecified atom stereocenters. The third-order valence-electron chi connectivity index (χ3n) is 3.49. The van der Waals surface area contributed by atoms with Gasteiger partial charge in [-0.2, -0.15) is 0 Å². The van der Waals surface area contributed by atoms with Crippen LogP contribution >= 0.6 is 11.3 Å². The van der Waals surface area contributed by atoms with Crippen LogP contribution in [-0.4, -0.2) is 34.9 Å². The molecule has 0 spiro atoms. The first-order chi connectivity index (χ1) is 8.52. The summed E-state index contributed by atoms with van der Waals surface area (Å²) in [4.78, 5) is 18.7. The van der Waals surface area contributed by atoms with Crippen molar-refractivity contribution in [3.63, 3.8) is 0 Å². The van der Waals surface area contributed by atoms with E-state index in [4.69, 9.17) is 5.73 Å². The van der Waals surface area contributed by atoms with E-state index in [1.54, 1.807) is 11.3 Å². The second-order valence-corrected chi connectivity index (χ2v) is 6.26. The van der Waals surface area contributed by atoms with E-state index >= 15 is 0 Å². The van der Waals surface area contributed by atoms with E-state index in [-0.39, 0.29) is 11.9 Å². The van der Waals surface area contributed by atoms with Crippen molar-refractivity contribution < 1.29 is 4.79 Å². The summed E-state index contributed by atoms with van der Waals surface area (Å²) in [5.74, 6) is 0.873. The highest BCUT2D eigenvalue weighted by Gasteiger charge is 2.33. The number of likely N-dealkylation sites (tertiary alicyclic amines) is 1. The molecule has 1 aliphatic heterocycles. The lowest BCUT2D eigenvalue weighted by molar-refractivity contribution is 0.0738.